The molecule has 9 heteroatoms. The molecular weight excluding hydrogens is 318 g/mol. The van der Waals surface area contributed by atoms with Crippen molar-refractivity contribution in [1.82, 2.24) is 10.2 Å². The minimum absolute atomic E-state index is 0.0870. The molecular formula is C11H4Cl2F3N3O. The average molecular weight is 322 g/mol. The number of amides is 1. The van der Waals surface area contributed by atoms with E-state index < -0.39 is 23.4 Å². The van der Waals surface area contributed by atoms with Gasteiger partial charge < -0.3 is 5.32 Å². The molecule has 2 aromatic rings. The Morgan fingerprint density at radius 2 is 1.65 bits per heavy atom. The molecule has 0 aliphatic rings. The molecule has 4 nitrogen and oxygen atoms in total. The Labute approximate surface area is 120 Å². The Bertz CT molecular complexity index is 674. The number of rotatable bonds is 2. The molecule has 0 fully saturated rings. The molecule has 0 aliphatic carbocycles. The van der Waals surface area contributed by atoms with Gasteiger partial charge in [0.2, 0.25) is 0 Å². The molecule has 0 spiro atoms. The summed E-state index contributed by atoms with van der Waals surface area (Å²) in [5, 5.41) is 8.62. The first kappa shape index (κ1) is 14.5. The van der Waals surface area contributed by atoms with Crippen molar-refractivity contribution in [3.63, 3.8) is 0 Å². The minimum Gasteiger partial charge on any atom is -0.322 e. The molecule has 0 radical (unpaired) electrons. The predicted octanol–water partition coefficient (Wildman–Crippen LogP) is 3.45. The van der Waals surface area contributed by atoms with Crippen LogP contribution >= 0.6 is 23.2 Å². The summed E-state index contributed by atoms with van der Waals surface area (Å²) < 4.78 is 38.8. The van der Waals surface area contributed by atoms with Gasteiger partial charge in [-0.25, -0.2) is 13.2 Å². The number of anilines is 1. The number of aromatic nitrogens is 2. The van der Waals surface area contributed by atoms with Crippen LogP contribution in [0.1, 0.15) is 10.4 Å². The van der Waals surface area contributed by atoms with Crippen LogP contribution in [0.5, 0.6) is 0 Å². The molecule has 2 rings (SSSR count). The van der Waals surface area contributed by atoms with Crippen molar-refractivity contribution in [3.05, 3.63) is 51.5 Å². The number of hydrogen-bond acceptors (Lipinski definition) is 3. The zero-order valence-electron chi connectivity index (χ0n) is 9.42. The summed E-state index contributed by atoms with van der Waals surface area (Å²) >= 11 is 11.2. The van der Waals surface area contributed by atoms with Crippen LogP contribution in [-0.4, -0.2) is 16.1 Å². The quantitative estimate of drug-likeness (QED) is 0.862. The first-order chi connectivity index (χ1) is 9.38. The van der Waals surface area contributed by atoms with E-state index in [1.54, 1.807) is 0 Å². The number of halogens is 5. The predicted molar refractivity (Wildman–Crippen MR) is 66.3 cm³/mol. The molecule has 0 bridgehead atoms. The first-order valence-corrected chi connectivity index (χ1v) is 5.78. The standard InChI is InChI=1S/C11H4Cl2F3N3O/c12-8-3-5(10(13)19-18-8)11(20)17-4-1-6(14)9(16)7(15)2-4/h1-3H,(H,17,20). The second kappa shape index (κ2) is 5.64. The molecule has 1 N–H and O–H groups in total. The van der Waals surface area contributed by atoms with Gasteiger partial charge in [0.25, 0.3) is 5.91 Å². The van der Waals surface area contributed by atoms with E-state index in [0.29, 0.717) is 12.1 Å². The lowest BCUT2D eigenvalue weighted by Gasteiger charge is -2.07. The third kappa shape index (κ3) is 3.00. The van der Waals surface area contributed by atoms with Gasteiger partial charge in [0, 0.05) is 17.8 Å². The summed E-state index contributed by atoms with van der Waals surface area (Å²) in [6.45, 7) is 0. The number of carbonyl (C=O) groups is 1. The van der Waals surface area contributed by atoms with Crippen molar-refractivity contribution in [2.75, 3.05) is 5.32 Å². The molecule has 0 unspecified atom stereocenters. The lowest BCUT2D eigenvalue weighted by atomic mass is 10.2. The van der Waals surface area contributed by atoms with E-state index >= 15 is 0 Å². The van der Waals surface area contributed by atoms with Gasteiger partial charge >= 0.3 is 0 Å². The third-order valence-electron chi connectivity index (χ3n) is 2.21. The lowest BCUT2D eigenvalue weighted by molar-refractivity contribution is 0.102. The normalized spacial score (nSPS) is 10.4. The fourth-order valence-electron chi connectivity index (χ4n) is 1.34. The summed E-state index contributed by atoms with van der Waals surface area (Å²) in [6, 6.07) is 2.38. The Morgan fingerprint density at radius 1 is 1.05 bits per heavy atom. The number of carbonyl (C=O) groups excluding carboxylic acids is 1. The highest BCUT2D eigenvalue weighted by molar-refractivity contribution is 6.34. The lowest BCUT2D eigenvalue weighted by Crippen LogP contribution is -2.14. The summed E-state index contributed by atoms with van der Waals surface area (Å²) in [5.41, 5.74) is -0.424. The van der Waals surface area contributed by atoms with Crippen LogP contribution < -0.4 is 5.32 Å². The second-order valence-electron chi connectivity index (χ2n) is 3.58. The van der Waals surface area contributed by atoms with Crippen molar-refractivity contribution < 1.29 is 18.0 Å². The molecule has 0 atom stereocenters. The molecule has 104 valence electrons. The van der Waals surface area contributed by atoms with Crippen molar-refractivity contribution in [1.29, 1.82) is 0 Å². The smallest absolute Gasteiger partial charge is 0.258 e. The fraction of sp³-hybridized carbons (Fsp3) is 0. The summed E-state index contributed by atoms with van der Waals surface area (Å²) in [5.74, 6) is -5.32. The van der Waals surface area contributed by atoms with E-state index in [1.165, 1.54) is 0 Å². The monoisotopic (exact) mass is 321 g/mol. The number of hydrogen-bond donors (Lipinski definition) is 1. The van der Waals surface area contributed by atoms with Crippen molar-refractivity contribution in [3.8, 4) is 0 Å². The summed E-state index contributed by atoms with van der Waals surface area (Å²) in [7, 11) is 0. The van der Waals surface area contributed by atoms with E-state index in [2.05, 4.69) is 15.5 Å². The van der Waals surface area contributed by atoms with Crippen LogP contribution in [-0.2, 0) is 0 Å². The maximum Gasteiger partial charge on any atom is 0.258 e. The van der Waals surface area contributed by atoms with Crippen LogP contribution in [0.4, 0.5) is 18.9 Å². The highest BCUT2D eigenvalue weighted by atomic mass is 35.5. The minimum atomic E-state index is -1.63. The van der Waals surface area contributed by atoms with Crippen molar-refractivity contribution in [2.24, 2.45) is 0 Å². The zero-order chi connectivity index (χ0) is 14.9. The maximum absolute atomic E-state index is 13.0. The van der Waals surface area contributed by atoms with Gasteiger partial charge in [0.05, 0.1) is 5.56 Å². The molecule has 0 aliphatic heterocycles. The van der Waals surface area contributed by atoms with Crippen LogP contribution in [0.25, 0.3) is 0 Å². The van der Waals surface area contributed by atoms with Crippen LogP contribution in [0, 0.1) is 17.5 Å². The van der Waals surface area contributed by atoms with E-state index in [1.807, 2.05) is 0 Å². The Kier molecular flexibility index (Phi) is 4.10. The van der Waals surface area contributed by atoms with E-state index in [4.69, 9.17) is 23.2 Å². The highest BCUT2D eigenvalue weighted by Gasteiger charge is 2.16. The van der Waals surface area contributed by atoms with Gasteiger partial charge in [-0.05, 0) is 6.07 Å². The van der Waals surface area contributed by atoms with Gasteiger partial charge in [-0.1, -0.05) is 23.2 Å². The van der Waals surface area contributed by atoms with E-state index in [0.717, 1.165) is 6.07 Å². The van der Waals surface area contributed by atoms with Gasteiger partial charge in [0.1, 0.15) is 0 Å². The molecule has 20 heavy (non-hydrogen) atoms. The number of nitrogens with zero attached hydrogens (tertiary/aromatic N) is 2. The second-order valence-corrected chi connectivity index (χ2v) is 4.32. The van der Waals surface area contributed by atoms with Crippen LogP contribution in [0.3, 0.4) is 0 Å². The Hall–Kier alpha value is -1.86. The van der Waals surface area contributed by atoms with Crippen molar-refractivity contribution >= 4 is 34.8 Å². The summed E-state index contributed by atoms with van der Waals surface area (Å²) in [6.07, 6.45) is 0. The van der Waals surface area contributed by atoms with Gasteiger partial charge in [-0.2, -0.15) is 0 Å². The number of nitrogens with one attached hydrogen (secondary N) is 1. The maximum atomic E-state index is 13.0. The first-order valence-electron chi connectivity index (χ1n) is 5.03. The molecule has 0 saturated carbocycles. The Balaban J connectivity index is 2.30. The van der Waals surface area contributed by atoms with Crippen molar-refractivity contribution in [2.45, 2.75) is 0 Å². The molecule has 0 saturated heterocycles. The molecule has 1 aromatic heterocycles. The molecule has 1 heterocycles. The van der Waals surface area contributed by atoms with Gasteiger partial charge in [-0.15, -0.1) is 10.2 Å². The topological polar surface area (TPSA) is 54.9 Å². The third-order valence-corrected chi connectivity index (χ3v) is 2.67. The Morgan fingerprint density at radius 3 is 2.25 bits per heavy atom. The van der Waals surface area contributed by atoms with Crippen LogP contribution in [0.15, 0.2) is 18.2 Å². The molecule has 1 aromatic carbocycles. The highest BCUT2D eigenvalue weighted by Crippen LogP contribution is 2.20. The van der Waals surface area contributed by atoms with Crippen LogP contribution in [0.2, 0.25) is 10.3 Å². The fourth-order valence-corrected chi connectivity index (χ4v) is 1.66. The molecule has 1 amide bonds. The number of benzene rings is 1. The SMILES string of the molecule is O=C(Nc1cc(F)c(F)c(F)c1)c1cc(Cl)nnc1Cl. The van der Waals surface area contributed by atoms with E-state index in [9.17, 15) is 18.0 Å². The van der Waals surface area contributed by atoms with Gasteiger partial charge in [-0.3, -0.25) is 4.79 Å². The van der Waals surface area contributed by atoms with E-state index in [-0.39, 0.29) is 21.6 Å². The summed E-state index contributed by atoms with van der Waals surface area (Å²) in [4.78, 5) is 11.8. The largest absolute Gasteiger partial charge is 0.322 e. The average Bonchev–Trinajstić information content (AvgIpc) is 2.38. The zero-order valence-corrected chi connectivity index (χ0v) is 10.9. The van der Waals surface area contributed by atoms with Gasteiger partial charge in [0.15, 0.2) is 27.8 Å².